The quantitative estimate of drug-likeness (QED) is 0.253. The molecule has 1 amide bonds. The monoisotopic (exact) mass is 666 g/mol. The number of nitrogens with two attached hydrogens (primary N) is 1. The number of Topliss-reactive ketones (excluding diaryl/α,β-unsaturated/α-hetero) is 1. The third-order valence-corrected chi connectivity index (χ3v) is 10.8. The van der Waals surface area contributed by atoms with Crippen LogP contribution in [0.15, 0.2) is 83.3 Å². The first kappa shape index (κ1) is 32.5. The van der Waals surface area contributed by atoms with E-state index >= 15 is 0 Å². The average Bonchev–Trinajstić information content (AvgIpc) is 3.33. The maximum absolute atomic E-state index is 14.5. The summed E-state index contributed by atoms with van der Waals surface area (Å²) in [5.41, 5.74) is 6.52. The van der Waals surface area contributed by atoms with E-state index in [4.69, 9.17) is 52.1 Å². The van der Waals surface area contributed by atoms with E-state index in [1.54, 1.807) is 24.3 Å². The van der Waals surface area contributed by atoms with Gasteiger partial charge in [-0.25, -0.2) is 8.42 Å². The van der Waals surface area contributed by atoms with Gasteiger partial charge in [-0.05, 0) is 47.2 Å². The highest BCUT2D eigenvalue weighted by Crippen LogP contribution is 2.49. The van der Waals surface area contributed by atoms with Crippen molar-refractivity contribution in [3.05, 3.63) is 110 Å². The number of ketones is 1. The van der Waals surface area contributed by atoms with Crippen LogP contribution in [0.5, 0.6) is 0 Å². The molecule has 0 bridgehead atoms. The van der Waals surface area contributed by atoms with Crippen molar-refractivity contribution >= 4 is 68.1 Å². The summed E-state index contributed by atoms with van der Waals surface area (Å²) < 4.78 is 30.2. The highest BCUT2D eigenvalue weighted by atomic mass is 35.5. The number of primary amides is 1. The first-order valence-electron chi connectivity index (χ1n) is 13.1. The van der Waals surface area contributed by atoms with Gasteiger partial charge in [-0.15, -0.1) is 0 Å². The molecule has 0 aliphatic carbocycles. The summed E-state index contributed by atoms with van der Waals surface area (Å²) in [4.78, 5) is 26.3. The van der Waals surface area contributed by atoms with Crippen LogP contribution in [-0.2, 0) is 26.0 Å². The molecule has 0 spiro atoms. The Hall–Kier alpha value is -2.39. The molecular weight excluding hydrogens is 638 g/mol. The summed E-state index contributed by atoms with van der Waals surface area (Å²) in [6.45, 7) is 5.60. The molecular formula is C31H30Cl4N2O4S. The average molecular weight is 668 g/mol. The van der Waals surface area contributed by atoms with E-state index in [0.717, 1.165) is 5.56 Å². The third kappa shape index (κ3) is 6.72. The van der Waals surface area contributed by atoms with Crippen LogP contribution in [-0.4, -0.2) is 30.5 Å². The van der Waals surface area contributed by atoms with Crippen LogP contribution in [0.1, 0.15) is 44.4 Å². The Morgan fingerprint density at radius 2 is 1.50 bits per heavy atom. The normalized spacial score (nSPS) is 18.5. The highest BCUT2D eigenvalue weighted by molar-refractivity contribution is 7.89. The summed E-state index contributed by atoms with van der Waals surface area (Å²) in [5, 5.41) is 0.342. The molecule has 0 saturated carbocycles. The minimum atomic E-state index is -4.41. The lowest BCUT2D eigenvalue weighted by Crippen LogP contribution is -2.45. The lowest BCUT2D eigenvalue weighted by atomic mass is 9.86. The maximum Gasteiger partial charge on any atom is 0.247 e. The Bertz CT molecular complexity index is 1630. The maximum atomic E-state index is 14.5. The SMILES string of the molecule is CC(C)(C)[C@@H]1C=C(C(=O)C[C@@H](Cc2ccccc2)C(N)=O)C(c2ccc(Cl)c(Cl)c2)N1S(=O)(=O)c1c(Cl)cccc1Cl. The predicted octanol–water partition coefficient (Wildman–Crippen LogP) is 7.69. The second kappa shape index (κ2) is 12.7. The van der Waals surface area contributed by atoms with Crippen LogP contribution in [0, 0.1) is 11.3 Å². The fourth-order valence-corrected chi connectivity index (χ4v) is 8.47. The van der Waals surface area contributed by atoms with Crippen molar-refractivity contribution in [1.82, 2.24) is 4.31 Å². The van der Waals surface area contributed by atoms with Crippen LogP contribution in [0.4, 0.5) is 0 Å². The number of carbonyl (C=O) groups excluding carboxylic acids is 2. The predicted molar refractivity (Wildman–Crippen MR) is 168 cm³/mol. The van der Waals surface area contributed by atoms with Crippen LogP contribution >= 0.6 is 46.4 Å². The molecule has 42 heavy (non-hydrogen) atoms. The van der Waals surface area contributed by atoms with Gasteiger partial charge in [0.15, 0.2) is 5.78 Å². The molecule has 1 aliphatic rings. The second-order valence-electron chi connectivity index (χ2n) is 11.3. The summed E-state index contributed by atoms with van der Waals surface area (Å²) in [6.07, 6.45) is 1.69. The summed E-state index contributed by atoms with van der Waals surface area (Å²) in [6, 6.07) is 16.5. The third-order valence-electron chi connectivity index (χ3n) is 7.24. The van der Waals surface area contributed by atoms with Gasteiger partial charge < -0.3 is 5.73 Å². The molecule has 0 saturated heterocycles. The fourth-order valence-electron chi connectivity index (χ4n) is 5.15. The van der Waals surface area contributed by atoms with Crippen LogP contribution in [0.25, 0.3) is 0 Å². The van der Waals surface area contributed by atoms with E-state index in [-0.39, 0.29) is 43.4 Å². The minimum absolute atomic E-state index is 0.0560. The van der Waals surface area contributed by atoms with Gasteiger partial charge in [-0.3, -0.25) is 9.59 Å². The van der Waals surface area contributed by atoms with Crippen molar-refractivity contribution in [2.45, 2.75) is 50.6 Å². The topological polar surface area (TPSA) is 97.5 Å². The van der Waals surface area contributed by atoms with Gasteiger partial charge in [0.1, 0.15) is 4.90 Å². The van der Waals surface area contributed by atoms with E-state index in [1.807, 2.05) is 51.1 Å². The molecule has 0 aromatic heterocycles. The largest absolute Gasteiger partial charge is 0.369 e. The van der Waals surface area contributed by atoms with Gasteiger partial charge in [0.2, 0.25) is 15.9 Å². The first-order valence-corrected chi connectivity index (χ1v) is 16.1. The molecule has 1 aliphatic heterocycles. The molecule has 222 valence electrons. The molecule has 2 N–H and O–H groups in total. The molecule has 0 radical (unpaired) electrons. The number of hydrogen-bond acceptors (Lipinski definition) is 4. The van der Waals surface area contributed by atoms with Crippen molar-refractivity contribution < 1.29 is 18.0 Å². The van der Waals surface area contributed by atoms with Gasteiger partial charge in [0.25, 0.3) is 0 Å². The zero-order valence-electron chi connectivity index (χ0n) is 23.2. The zero-order valence-corrected chi connectivity index (χ0v) is 27.0. The summed E-state index contributed by atoms with van der Waals surface area (Å²) in [7, 11) is -4.41. The smallest absolute Gasteiger partial charge is 0.247 e. The number of halogens is 4. The minimum Gasteiger partial charge on any atom is -0.369 e. The number of carbonyl (C=O) groups is 2. The van der Waals surface area contributed by atoms with Crippen molar-refractivity contribution in [2.24, 2.45) is 17.1 Å². The van der Waals surface area contributed by atoms with Crippen LogP contribution in [0.3, 0.4) is 0 Å². The Kier molecular flexibility index (Phi) is 9.82. The molecule has 11 heteroatoms. The van der Waals surface area contributed by atoms with Crippen molar-refractivity contribution in [2.75, 3.05) is 0 Å². The number of nitrogens with zero attached hydrogens (tertiary/aromatic N) is 1. The van der Waals surface area contributed by atoms with Gasteiger partial charge in [0, 0.05) is 24.0 Å². The van der Waals surface area contributed by atoms with E-state index in [2.05, 4.69) is 0 Å². The standard InChI is InChI=1S/C31H30Cl4N2O4S/c1-31(2,3)27-17-21(26(38)16-20(30(36)39)14-18-8-5-4-6-9-18)28(19-12-13-22(32)25(35)15-19)37(27)42(40,41)29-23(33)10-7-11-24(29)34/h4-13,15,17,20,27-28H,14,16H2,1-3H3,(H2,36,39)/t20-,27+,28?/m1/s1. The number of rotatable bonds is 9. The van der Waals surface area contributed by atoms with E-state index < -0.39 is 45.1 Å². The Morgan fingerprint density at radius 3 is 2.05 bits per heavy atom. The molecule has 3 atom stereocenters. The lowest BCUT2D eigenvalue weighted by molar-refractivity contribution is -0.126. The summed E-state index contributed by atoms with van der Waals surface area (Å²) >= 11 is 25.4. The number of hydrogen-bond donors (Lipinski definition) is 1. The molecule has 0 fully saturated rings. The van der Waals surface area contributed by atoms with Gasteiger partial charge in [0.05, 0.1) is 26.1 Å². The van der Waals surface area contributed by atoms with E-state index in [9.17, 15) is 18.0 Å². The van der Waals surface area contributed by atoms with Crippen molar-refractivity contribution in [3.63, 3.8) is 0 Å². The molecule has 3 aromatic rings. The number of sulfonamides is 1. The van der Waals surface area contributed by atoms with Crippen molar-refractivity contribution in [1.29, 1.82) is 0 Å². The van der Waals surface area contributed by atoms with Crippen LogP contribution in [0.2, 0.25) is 20.1 Å². The number of benzene rings is 3. The first-order chi connectivity index (χ1) is 19.6. The van der Waals surface area contributed by atoms with Gasteiger partial charge in [-0.1, -0.05) is 116 Å². The van der Waals surface area contributed by atoms with Gasteiger partial charge >= 0.3 is 0 Å². The van der Waals surface area contributed by atoms with Gasteiger partial charge in [-0.2, -0.15) is 4.31 Å². The summed E-state index contributed by atoms with van der Waals surface area (Å²) in [5.74, 6) is -1.85. The zero-order chi connectivity index (χ0) is 31.0. The highest BCUT2D eigenvalue weighted by Gasteiger charge is 2.50. The fraction of sp³-hybridized carbons (Fsp3) is 0.290. The molecule has 1 unspecified atom stereocenters. The molecule has 3 aromatic carbocycles. The van der Waals surface area contributed by atoms with E-state index in [1.165, 1.54) is 22.5 Å². The van der Waals surface area contributed by atoms with E-state index in [0.29, 0.717) is 5.56 Å². The second-order valence-corrected chi connectivity index (χ2v) is 14.7. The van der Waals surface area contributed by atoms with Crippen LogP contribution < -0.4 is 5.73 Å². The molecule has 1 heterocycles. The Morgan fingerprint density at radius 1 is 0.881 bits per heavy atom. The molecule has 6 nitrogen and oxygen atoms in total. The number of amides is 1. The van der Waals surface area contributed by atoms with Crippen molar-refractivity contribution in [3.8, 4) is 0 Å². The Labute approximate surface area is 266 Å². The molecule has 4 rings (SSSR count). The Balaban J connectivity index is 1.88. The lowest BCUT2D eigenvalue weighted by Gasteiger charge is -2.37.